The van der Waals surface area contributed by atoms with Gasteiger partial charge >= 0.3 is 5.97 Å². The molecule has 2 fully saturated rings. The van der Waals surface area contributed by atoms with Gasteiger partial charge in [-0.05, 0) is 55.9 Å². The number of carbonyl (C=O) groups excluding carboxylic acids is 2. The number of pyridine rings is 1. The quantitative estimate of drug-likeness (QED) is 0.496. The van der Waals surface area contributed by atoms with Gasteiger partial charge in [0.2, 0.25) is 0 Å². The fraction of sp³-hybridized carbons (Fsp3) is 0.682. The van der Waals surface area contributed by atoms with Gasteiger partial charge in [0.15, 0.2) is 0 Å². The first kappa shape index (κ1) is 22.9. The van der Waals surface area contributed by atoms with E-state index in [1.54, 1.807) is 11.8 Å². The van der Waals surface area contributed by atoms with Gasteiger partial charge in [0.1, 0.15) is 10.8 Å². The number of anilines is 1. The molecular formula is C22H33N3O4S. The summed E-state index contributed by atoms with van der Waals surface area (Å²) in [7, 11) is 1.44. The standard InChI is InChI=1S/C22H33N3O4S/c1-3-13-30-22-18(21(27)23-17-8-11-29-12-9-17)6-7-19(24-22)25-10-4-5-16(15-25)14-20(26)28-2/h6-7,16-17H,3-5,8-15H2,1-2H3,(H,23,27)/t16-/m0/s1. The first-order valence-electron chi connectivity index (χ1n) is 10.9. The van der Waals surface area contributed by atoms with Gasteiger partial charge in [-0.25, -0.2) is 4.98 Å². The summed E-state index contributed by atoms with van der Waals surface area (Å²) in [5, 5.41) is 3.93. The third kappa shape index (κ3) is 6.35. The molecule has 3 rings (SSSR count). The van der Waals surface area contributed by atoms with E-state index in [1.165, 1.54) is 7.11 Å². The van der Waals surface area contributed by atoms with Gasteiger partial charge in [-0.3, -0.25) is 9.59 Å². The molecule has 1 atom stereocenters. The van der Waals surface area contributed by atoms with Crippen molar-refractivity contribution in [3.05, 3.63) is 17.7 Å². The number of esters is 1. The molecule has 0 saturated carbocycles. The van der Waals surface area contributed by atoms with Crippen molar-refractivity contribution >= 4 is 29.5 Å². The molecule has 166 valence electrons. The highest BCUT2D eigenvalue weighted by molar-refractivity contribution is 7.99. The van der Waals surface area contributed by atoms with Crippen molar-refractivity contribution in [2.75, 3.05) is 44.1 Å². The Labute approximate surface area is 183 Å². The monoisotopic (exact) mass is 435 g/mol. The van der Waals surface area contributed by atoms with E-state index in [-0.39, 0.29) is 23.8 Å². The molecule has 0 bridgehead atoms. The lowest BCUT2D eigenvalue weighted by Gasteiger charge is -2.33. The molecule has 0 aromatic carbocycles. The second kappa shape index (κ2) is 11.6. The molecule has 0 spiro atoms. The minimum Gasteiger partial charge on any atom is -0.469 e. The summed E-state index contributed by atoms with van der Waals surface area (Å²) in [6, 6.07) is 4.00. The topological polar surface area (TPSA) is 80.8 Å². The number of aromatic nitrogens is 1. The summed E-state index contributed by atoms with van der Waals surface area (Å²) < 4.78 is 10.2. The summed E-state index contributed by atoms with van der Waals surface area (Å²) in [5.41, 5.74) is 0.645. The van der Waals surface area contributed by atoms with E-state index in [0.717, 1.165) is 61.8 Å². The van der Waals surface area contributed by atoms with Gasteiger partial charge in [-0.15, -0.1) is 11.8 Å². The Hall–Kier alpha value is -1.80. The summed E-state index contributed by atoms with van der Waals surface area (Å²) in [6.45, 7) is 5.22. The minimum absolute atomic E-state index is 0.0539. The van der Waals surface area contributed by atoms with Gasteiger partial charge in [-0.1, -0.05) is 6.92 Å². The van der Waals surface area contributed by atoms with Crippen LogP contribution in [0.25, 0.3) is 0 Å². The van der Waals surface area contributed by atoms with Crippen LogP contribution in [-0.4, -0.2) is 62.1 Å². The van der Waals surface area contributed by atoms with E-state index in [2.05, 4.69) is 17.1 Å². The molecule has 1 aromatic rings. The Bertz CT molecular complexity index is 724. The van der Waals surface area contributed by atoms with Crippen molar-refractivity contribution in [3.63, 3.8) is 0 Å². The molecule has 3 heterocycles. The minimum atomic E-state index is -0.158. The molecule has 2 aliphatic rings. The summed E-state index contributed by atoms with van der Waals surface area (Å²) in [6.07, 6.45) is 5.20. The highest BCUT2D eigenvalue weighted by Crippen LogP contribution is 2.29. The Balaban J connectivity index is 1.72. The number of thioether (sulfide) groups is 1. The largest absolute Gasteiger partial charge is 0.469 e. The van der Waals surface area contributed by atoms with Crippen LogP contribution < -0.4 is 10.2 Å². The van der Waals surface area contributed by atoms with Crippen LogP contribution in [0.1, 0.15) is 55.8 Å². The average molecular weight is 436 g/mol. The maximum atomic E-state index is 12.9. The van der Waals surface area contributed by atoms with Crippen LogP contribution in [0, 0.1) is 5.92 Å². The number of hydrogen-bond acceptors (Lipinski definition) is 7. The molecule has 1 N–H and O–H groups in total. The lowest BCUT2D eigenvalue weighted by molar-refractivity contribution is -0.141. The zero-order valence-electron chi connectivity index (χ0n) is 18.0. The molecule has 30 heavy (non-hydrogen) atoms. The summed E-state index contributed by atoms with van der Waals surface area (Å²) >= 11 is 1.63. The third-order valence-electron chi connectivity index (χ3n) is 5.62. The lowest BCUT2D eigenvalue weighted by Crippen LogP contribution is -2.39. The highest BCUT2D eigenvalue weighted by Gasteiger charge is 2.25. The molecule has 7 nitrogen and oxygen atoms in total. The van der Waals surface area contributed by atoms with Crippen molar-refractivity contribution in [2.24, 2.45) is 5.92 Å². The van der Waals surface area contributed by atoms with Crippen molar-refractivity contribution < 1.29 is 19.1 Å². The fourth-order valence-electron chi connectivity index (χ4n) is 3.95. The maximum Gasteiger partial charge on any atom is 0.305 e. The van der Waals surface area contributed by atoms with E-state index in [9.17, 15) is 9.59 Å². The van der Waals surface area contributed by atoms with E-state index in [1.807, 2.05) is 12.1 Å². The number of nitrogens with zero attached hydrogens (tertiary/aromatic N) is 2. The first-order chi connectivity index (χ1) is 14.6. The molecule has 2 saturated heterocycles. The number of carbonyl (C=O) groups is 2. The first-order valence-corrected chi connectivity index (χ1v) is 11.9. The second-order valence-electron chi connectivity index (χ2n) is 7.97. The van der Waals surface area contributed by atoms with Crippen LogP contribution in [0.15, 0.2) is 17.2 Å². The van der Waals surface area contributed by atoms with E-state index < -0.39 is 0 Å². The molecule has 2 aliphatic heterocycles. The van der Waals surface area contributed by atoms with Crippen molar-refractivity contribution in [2.45, 2.75) is 56.5 Å². The van der Waals surface area contributed by atoms with E-state index in [0.29, 0.717) is 25.2 Å². The number of methoxy groups -OCH3 is 1. The highest BCUT2D eigenvalue weighted by atomic mass is 32.2. The number of nitrogens with one attached hydrogen (secondary N) is 1. The number of ether oxygens (including phenoxy) is 2. The zero-order chi connectivity index (χ0) is 21.3. The molecule has 8 heteroatoms. The van der Waals surface area contributed by atoms with Gasteiger partial charge in [0.25, 0.3) is 5.91 Å². The maximum absolute atomic E-state index is 12.9. The predicted molar refractivity (Wildman–Crippen MR) is 118 cm³/mol. The SMILES string of the molecule is CCCSc1nc(N2CCC[C@@H](CC(=O)OC)C2)ccc1C(=O)NC1CCOCC1. The Morgan fingerprint density at radius 2 is 2.10 bits per heavy atom. The van der Waals surface area contributed by atoms with Crippen molar-refractivity contribution in [1.82, 2.24) is 10.3 Å². The molecule has 0 unspecified atom stereocenters. The van der Waals surface area contributed by atoms with Gasteiger partial charge < -0.3 is 19.7 Å². The van der Waals surface area contributed by atoms with Crippen LogP contribution in [-0.2, 0) is 14.3 Å². The number of rotatable bonds is 8. The Morgan fingerprint density at radius 1 is 1.30 bits per heavy atom. The normalized spacial score (nSPS) is 20.1. The zero-order valence-corrected chi connectivity index (χ0v) is 18.8. The van der Waals surface area contributed by atoms with Crippen LogP contribution in [0.3, 0.4) is 0 Å². The average Bonchev–Trinajstić information content (AvgIpc) is 2.78. The lowest BCUT2D eigenvalue weighted by atomic mass is 9.95. The van der Waals surface area contributed by atoms with Crippen molar-refractivity contribution in [3.8, 4) is 0 Å². The van der Waals surface area contributed by atoms with Crippen LogP contribution in [0.5, 0.6) is 0 Å². The van der Waals surface area contributed by atoms with Crippen molar-refractivity contribution in [1.29, 1.82) is 0 Å². The van der Waals surface area contributed by atoms with Gasteiger partial charge in [-0.2, -0.15) is 0 Å². The second-order valence-corrected chi connectivity index (χ2v) is 9.05. The molecule has 1 amide bonds. The smallest absolute Gasteiger partial charge is 0.305 e. The number of amides is 1. The van der Waals surface area contributed by atoms with E-state index in [4.69, 9.17) is 14.5 Å². The van der Waals surface area contributed by atoms with Gasteiger partial charge in [0, 0.05) is 38.8 Å². The predicted octanol–water partition coefficient (Wildman–Crippen LogP) is 3.27. The van der Waals surface area contributed by atoms with Crippen LogP contribution in [0.4, 0.5) is 5.82 Å². The molecular weight excluding hydrogens is 402 g/mol. The van der Waals surface area contributed by atoms with Gasteiger partial charge in [0.05, 0.1) is 12.7 Å². The number of piperidine rings is 1. The molecule has 0 aliphatic carbocycles. The number of hydrogen-bond donors (Lipinski definition) is 1. The molecule has 1 aromatic heterocycles. The van der Waals surface area contributed by atoms with Crippen LogP contribution >= 0.6 is 11.8 Å². The summed E-state index contributed by atoms with van der Waals surface area (Å²) in [5.74, 6) is 1.86. The molecule has 0 radical (unpaired) electrons. The van der Waals surface area contributed by atoms with E-state index >= 15 is 0 Å². The Kier molecular flexibility index (Phi) is 8.81. The Morgan fingerprint density at radius 3 is 2.83 bits per heavy atom. The fourth-order valence-corrected chi connectivity index (χ4v) is 4.82. The van der Waals surface area contributed by atoms with Crippen LogP contribution in [0.2, 0.25) is 0 Å². The summed E-state index contributed by atoms with van der Waals surface area (Å²) in [4.78, 5) is 31.7. The third-order valence-corrected chi connectivity index (χ3v) is 6.81.